The molecule has 0 saturated heterocycles. The van der Waals surface area contributed by atoms with Gasteiger partial charge < -0.3 is 5.11 Å². The summed E-state index contributed by atoms with van der Waals surface area (Å²) in [7, 11) is 0. The zero-order chi connectivity index (χ0) is 14.7. The van der Waals surface area contributed by atoms with Gasteiger partial charge in [0.1, 0.15) is 5.75 Å². The minimum Gasteiger partial charge on any atom is -0.507 e. The van der Waals surface area contributed by atoms with E-state index >= 15 is 0 Å². The van der Waals surface area contributed by atoms with Gasteiger partial charge in [0.25, 0.3) is 0 Å². The van der Waals surface area contributed by atoms with Gasteiger partial charge in [-0.3, -0.25) is 0 Å². The third kappa shape index (κ3) is 2.80. The molecule has 0 amide bonds. The second kappa shape index (κ2) is 5.81. The smallest absolute Gasteiger partial charge is 0.155 e. The van der Waals surface area contributed by atoms with E-state index in [1.165, 1.54) is 0 Å². The van der Waals surface area contributed by atoms with Gasteiger partial charge in [0.2, 0.25) is 0 Å². The van der Waals surface area contributed by atoms with Gasteiger partial charge in [0, 0.05) is 16.3 Å². The molecule has 0 radical (unpaired) electrons. The van der Waals surface area contributed by atoms with Crippen LogP contribution < -0.4 is 0 Å². The van der Waals surface area contributed by atoms with Crippen LogP contribution in [0.3, 0.4) is 0 Å². The molecule has 0 saturated carbocycles. The van der Waals surface area contributed by atoms with Gasteiger partial charge >= 0.3 is 0 Å². The van der Waals surface area contributed by atoms with Crippen LogP contribution in [-0.2, 0) is 0 Å². The summed E-state index contributed by atoms with van der Waals surface area (Å²) in [6.07, 6.45) is 0. The molecular formula is C17H12N2OS. The highest BCUT2D eigenvalue weighted by Crippen LogP contribution is 2.32. The van der Waals surface area contributed by atoms with Crippen LogP contribution in [0.4, 0.5) is 5.69 Å². The van der Waals surface area contributed by atoms with Crippen molar-refractivity contribution >= 4 is 33.7 Å². The number of hydrogen-bond acceptors (Lipinski definition) is 3. The molecular weight excluding hydrogens is 280 g/mol. The monoisotopic (exact) mass is 292 g/mol. The molecule has 3 rings (SSSR count). The Bertz CT molecular complexity index is 829. The number of aromatic hydroxyl groups is 1. The van der Waals surface area contributed by atoms with Crippen LogP contribution in [0, 0.1) is 0 Å². The summed E-state index contributed by atoms with van der Waals surface area (Å²) >= 11 is 5.26. The molecule has 0 atom stereocenters. The van der Waals surface area contributed by atoms with E-state index in [0.717, 1.165) is 16.3 Å². The largest absolute Gasteiger partial charge is 0.507 e. The van der Waals surface area contributed by atoms with Crippen molar-refractivity contribution in [1.82, 2.24) is 0 Å². The van der Waals surface area contributed by atoms with Crippen molar-refractivity contribution < 1.29 is 5.11 Å². The fourth-order valence-electron chi connectivity index (χ4n) is 2.09. The lowest BCUT2D eigenvalue weighted by Crippen LogP contribution is -1.90. The van der Waals surface area contributed by atoms with Crippen molar-refractivity contribution in [3.05, 3.63) is 72.3 Å². The quantitative estimate of drug-likeness (QED) is 0.533. The first-order chi connectivity index (χ1) is 10.3. The molecule has 0 bridgehead atoms. The highest BCUT2D eigenvalue weighted by Gasteiger charge is 2.04. The molecule has 0 aromatic heterocycles. The first kappa shape index (κ1) is 13.4. The highest BCUT2D eigenvalue weighted by molar-refractivity contribution is 7.80. The Kier molecular flexibility index (Phi) is 3.71. The third-order valence-electron chi connectivity index (χ3n) is 3.15. The number of rotatable bonds is 2. The van der Waals surface area contributed by atoms with E-state index in [9.17, 15) is 5.11 Å². The molecule has 4 heteroatoms. The summed E-state index contributed by atoms with van der Waals surface area (Å²) in [5.41, 5.74) is 1.54. The van der Waals surface area contributed by atoms with Crippen LogP contribution in [0.15, 0.2) is 77.0 Å². The summed E-state index contributed by atoms with van der Waals surface area (Å²) in [5, 5.41) is 19.8. The SMILES string of the molecule is Oc1ccc(N=NC(=S)c2ccccc2)c2ccccc12. The minimum absolute atomic E-state index is 0.232. The molecule has 0 unspecified atom stereocenters. The fraction of sp³-hybridized carbons (Fsp3) is 0. The number of benzene rings is 3. The van der Waals surface area contributed by atoms with Crippen molar-refractivity contribution in [2.24, 2.45) is 10.2 Å². The molecule has 1 N–H and O–H groups in total. The Morgan fingerprint density at radius 2 is 1.48 bits per heavy atom. The lowest BCUT2D eigenvalue weighted by molar-refractivity contribution is 0.481. The standard InChI is InChI=1S/C17H12N2OS/c20-16-11-10-15(13-8-4-5-9-14(13)16)18-19-17(21)12-6-2-1-3-7-12/h1-11,20H. The zero-order valence-corrected chi connectivity index (χ0v) is 11.9. The van der Waals surface area contributed by atoms with Gasteiger partial charge in [0.05, 0.1) is 5.69 Å². The first-order valence-electron chi connectivity index (χ1n) is 6.47. The molecule has 0 spiro atoms. The number of fused-ring (bicyclic) bond motifs is 1. The lowest BCUT2D eigenvalue weighted by atomic mass is 10.1. The van der Waals surface area contributed by atoms with E-state index in [4.69, 9.17) is 12.2 Å². The van der Waals surface area contributed by atoms with E-state index in [0.29, 0.717) is 10.7 Å². The van der Waals surface area contributed by atoms with E-state index in [1.807, 2.05) is 54.6 Å². The second-order valence-electron chi connectivity index (χ2n) is 4.52. The third-order valence-corrected chi connectivity index (χ3v) is 3.46. The van der Waals surface area contributed by atoms with Gasteiger partial charge in [-0.25, -0.2) is 0 Å². The molecule has 0 aliphatic rings. The summed E-state index contributed by atoms with van der Waals surface area (Å²) < 4.78 is 0. The first-order valence-corrected chi connectivity index (χ1v) is 6.88. The van der Waals surface area contributed by atoms with Gasteiger partial charge in [0.15, 0.2) is 4.99 Å². The van der Waals surface area contributed by atoms with Gasteiger partial charge in [-0.2, -0.15) is 0 Å². The molecule has 102 valence electrons. The van der Waals surface area contributed by atoms with E-state index in [-0.39, 0.29) is 5.75 Å². The number of hydrogen-bond donors (Lipinski definition) is 1. The average Bonchev–Trinajstić information content (AvgIpc) is 2.55. The Hall–Kier alpha value is -2.59. The number of azo groups is 1. The molecule has 0 aliphatic heterocycles. The Morgan fingerprint density at radius 1 is 0.810 bits per heavy atom. The topological polar surface area (TPSA) is 45.0 Å². The number of thiocarbonyl (C=S) groups is 1. The zero-order valence-electron chi connectivity index (χ0n) is 11.1. The molecule has 3 aromatic rings. The maximum atomic E-state index is 9.85. The highest BCUT2D eigenvalue weighted by atomic mass is 32.1. The maximum absolute atomic E-state index is 9.85. The molecule has 3 aromatic carbocycles. The Balaban J connectivity index is 1.97. The van der Waals surface area contributed by atoms with Crippen molar-refractivity contribution in [3.8, 4) is 5.75 Å². The molecule has 0 heterocycles. The van der Waals surface area contributed by atoms with Crippen LogP contribution >= 0.6 is 12.2 Å². The van der Waals surface area contributed by atoms with Crippen molar-refractivity contribution in [2.45, 2.75) is 0 Å². The predicted octanol–water partition coefficient (Wildman–Crippen LogP) is 5.00. The summed E-state index contributed by atoms with van der Waals surface area (Å²) in [5.74, 6) is 0.232. The van der Waals surface area contributed by atoms with Crippen LogP contribution in [0.2, 0.25) is 0 Å². The van der Waals surface area contributed by atoms with Crippen LogP contribution in [0.25, 0.3) is 10.8 Å². The Labute approximate surface area is 127 Å². The van der Waals surface area contributed by atoms with Gasteiger partial charge in [-0.05, 0) is 12.1 Å². The van der Waals surface area contributed by atoms with Crippen molar-refractivity contribution in [1.29, 1.82) is 0 Å². The number of phenolic OH excluding ortho intramolecular Hbond substituents is 1. The van der Waals surface area contributed by atoms with Crippen LogP contribution in [0.1, 0.15) is 5.56 Å². The second-order valence-corrected chi connectivity index (χ2v) is 4.91. The molecule has 0 aliphatic carbocycles. The summed E-state index contributed by atoms with van der Waals surface area (Å²) in [6, 6.07) is 20.4. The Morgan fingerprint density at radius 3 is 2.24 bits per heavy atom. The predicted molar refractivity (Wildman–Crippen MR) is 88.3 cm³/mol. The summed E-state index contributed by atoms with van der Waals surface area (Å²) in [6.45, 7) is 0. The van der Waals surface area contributed by atoms with Crippen LogP contribution in [-0.4, -0.2) is 10.1 Å². The van der Waals surface area contributed by atoms with Gasteiger partial charge in [-0.1, -0.05) is 66.8 Å². The van der Waals surface area contributed by atoms with Crippen molar-refractivity contribution in [3.63, 3.8) is 0 Å². The van der Waals surface area contributed by atoms with Crippen LogP contribution in [0.5, 0.6) is 5.75 Å². The fourth-order valence-corrected chi connectivity index (χ4v) is 2.27. The van der Waals surface area contributed by atoms with Crippen molar-refractivity contribution in [2.75, 3.05) is 0 Å². The number of nitrogens with zero attached hydrogens (tertiary/aromatic N) is 2. The minimum atomic E-state index is 0.232. The van der Waals surface area contributed by atoms with E-state index in [2.05, 4.69) is 10.2 Å². The molecule has 3 nitrogen and oxygen atoms in total. The van der Waals surface area contributed by atoms with Gasteiger partial charge in [-0.15, -0.1) is 10.2 Å². The average molecular weight is 292 g/mol. The maximum Gasteiger partial charge on any atom is 0.155 e. The molecule has 21 heavy (non-hydrogen) atoms. The van der Waals surface area contributed by atoms with E-state index in [1.54, 1.807) is 12.1 Å². The molecule has 0 fully saturated rings. The number of phenols is 1. The normalized spacial score (nSPS) is 11.0. The van der Waals surface area contributed by atoms with E-state index < -0.39 is 0 Å². The summed E-state index contributed by atoms with van der Waals surface area (Å²) in [4.78, 5) is 0.438. The lowest BCUT2D eigenvalue weighted by Gasteiger charge is -2.03.